The Bertz CT molecular complexity index is 512. The van der Waals surface area contributed by atoms with Gasteiger partial charge in [0.1, 0.15) is 5.75 Å². The van der Waals surface area contributed by atoms with Gasteiger partial charge >= 0.3 is 0 Å². The van der Waals surface area contributed by atoms with Crippen molar-refractivity contribution in [2.75, 3.05) is 26.3 Å². The van der Waals surface area contributed by atoms with E-state index in [0.717, 1.165) is 49.6 Å². The van der Waals surface area contributed by atoms with Crippen LogP contribution in [0.5, 0.6) is 5.75 Å². The summed E-state index contributed by atoms with van der Waals surface area (Å²) in [4.78, 5) is 4.68. The van der Waals surface area contributed by atoms with Gasteiger partial charge in [-0.25, -0.2) is 4.99 Å². The molecule has 0 fully saturated rings. The highest BCUT2D eigenvalue weighted by Gasteiger charge is 2.08. The molecule has 0 radical (unpaired) electrons. The van der Waals surface area contributed by atoms with Crippen molar-refractivity contribution in [1.82, 2.24) is 10.6 Å². The second kappa shape index (κ2) is 12.6. The van der Waals surface area contributed by atoms with E-state index in [1.807, 2.05) is 13.0 Å². The number of benzene rings is 1. The number of aliphatic imine (C=N–C) groups is 1. The highest BCUT2D eigenvalue weighted by molar-refractivity contribution is 5.79. The third-order valence-electron chi connectivity index (χ3n) is 4.10. The molecule has 0 aromatic heterocycles. The Morgan fingerprint density at radius 1 is 1.20 bits per heavy atom. The number of guanidine groups is 1. The SMILES string of the molecule is CCCC(CCO)CNC(=NCc1ccc(OCC)c(C)c1)NCC. The molecule has 0 spiro atoms. The molecule has 0 heterocycles. The lowest BCUT2D eigenvalue weighted by Crippen LogP contribution is -2.40. The van der Waals surface area contributed by atoms with Crippen LogP contribution in [-0.4, -0.2) is 37.4 Å². The van der Waals surface area contributed by atoms with Gasteiger partial charge in [0.15, 0.2) is 5.96 Å². The molecule has 142 valence electrons. The summed E-state index contributed by atoms with van der Waals surface area (Å²) in [5.41, 5.74) is 2.30. The van der Waals surface area contributed by atoms with Gasteiger partial charge in [0.2, 0.25) is 0 Å². The van der Waals surface area contributed by atoms with E-state index in [-0.39, 0.29) is 6.61 Å². The van der Waals surface area contributed by atoms with Gasteiger partial charge in [-0.05, 0) is 56.7 Å². The normalized spacial score (nSPS) is 12.8. The van der Waals surface area contributed by atoms with E-state index in [4.69, 9.17) is 4.74 Å². The molecule has 0 bridgehead atoms. The monoisotopic (exact) mass is 349 g/mol. The summed E-state index contributed by atoms with van der Waals surface area (Å²) in [6.07, 6.45) is 3.08. The van der Waals surface area contributed by atoms with Gasteiger partial charge in [0, 0.05) is 19.7 Å². The van der Waals surface area contributed by atoms with Crippen molar-refractivity contribution in [2.24, 2.45) is 10.9 Å². The largest absolute Gasteiger partial charge is 0.494 e. The van der Waals surface area contributed by atoms with Gasteiger partial charge in [-0.1, -0.05) is 25.5 Å². The second-order valence-corrected chi connectivity index (χ2v) is 6.28. The summed E-state index contributed by atoms with van der Waals surface area (Å²) >= 11 is 0. The standard InChI is InChI=1S/C20H35N3O2/c1-5-8-17(11-12-24)14-22-20(21-6-2)23-15-18-9-10-19(25-7-3)16(4)13-18/h9-10,13,17,24H,5-8,11-12,14-15H2,1-4H3,(H2,21,22,23). The molecule has 5 heteroatoms. The molecule has 0 saturated carbocycles. The summed E-state index contributed by atoms with van der Waals surface area (Å²) in [6.45, 7) is 11.5. The smallest absolute Gasteiger partial charge is 0.191 e. The number of rotatable bonds is 11. The lowest BCUT2D eigenvalue weighted by Gasteiger charge is -2.18. The van der Waals surface area contributed by atoms with E-state index in [0.29, 0.717) is 19.1 Å². The number of nitrogens with one attached hydrogen (secondary N) is 2. The highest BCUT2D eigenvalue weighted by Crippen LogP contribution is 2.19. The lowest BCUT2D eigenvalue weighted by molar-refractivity contribution is 0.251. The molecule has 1 aromatic carbocycles. The maximum atomic E-state index is 9.19. The number of hydrogen-bond donors (Lipinski definition) is 3. The molecule has 0 aliphatic rings. The van der Waals surface area contributed by atoms with Crippen LogP contribution in [0.4, 0.5) is 0 Å². The molecule has 1 atom stereocenters. The topological polar surface area (TPSA) is 65.9 Å². The molecule has 0 saturated heterocycles. The quantitative estimate of drug-likeness (QED) is 0.424. The highest BCUT2D eigenvalue weighted by atomic mass is 16.5. The summed E-state index contributed by atoms with van der Waals surface area (Å²) < 4.78 is 5.59. The van der Waals surface area contributed by atoms with Crippen LogP contribution in [0.25, 0.3) is 0 Å². The van der Waals surface area contributed by atoms with Crippen molar-refractivity contribution in [2.45, 2.75) is 53.5 Å². The maximum absolute atomic E-state index is 9.19. The number of ether oxygens (including phenoxy) is 1. The zero-order valence-electron chi connectivity index (χ0n) is 16.3. The van der Waals surface area contributed by atoms with E-state index in [1.54, 1.807) is 0 Å². The first kappa shape index (κ1) is 21.3. The molecule has 25 heavy (non-hydrogen) atoms. The minimum Gasteiger partial charge on any atom is -0.494 e. The Kier molecular flexibility index (Phi) is 10.7. The van der Waals surface area contributed by atoms with Crippen LogP contribution in [0.3, 0.4) is 0 Å². The second-order valence-electron chi connectivity index (χ2n) is 6.28. The Hall–Kier alpha value is -1.75. The number of aliphatic hydroxyl groups is 1. The molecule has 0 aliphatic heterocycles. The van der Waals surface area contributed by atoms with Crippen LogP contribution in [0.15, 0.2) is 23.2 Å². The van der Waals surface area contributed by atoms with Crippen molar-refractivity contribution in [3.05, 3.63) is 29.3 Å². The van der Waals surface area contributed by atoms with Crippen molar-refractivity contribution < 1.29 is 9.84 Å². The number of aliphatic hydroxyl groups excluding tert-OH is 1. The summed E-state index contributed by atoms with van der Waals surface area (Å²) in [6, 6.07) is 6.21. The zero-order chi connectivity index (χ0) is 18.5. The Morgan fingerprint density at radius 3 is 2.60 bits per heavy atom. The number of nitrogens with zero attached hydrogens (tertiary/aromatic N) is 1. The molecule has 0 amide bonds. The van der Waals surface area contributed by atoms with E-state index in [2.05, 4.69) is 48.5 Å². The van der Waals surface area contributed by atoms with Crippen LogP contribution >= 0.6 is 0 Å². The third kappa shape index (κ3) is 8.25. The minimum atomic E-state index is 0.242. The molecule has 3 N–H and O–H groups in total. The summed E-state index contributed by atoms with van der Waals surface area (Å²) in [5.74, 6) is 2.24. The first-order valence-electron chi connectivity index (χ1n) is 9.49. The van der Waals surface area contributed by atoms with Crippen LogP contribution in [0, 0.1) is 12.8 Å². The van der Waals surface area contributed by atoms with E-state index in [1.165, 1.54) is 5.56 Å². The van der Waals surface area contributed by atoms with Crippen LogP contribution < -0.4 is 15.4 Å². The Morgan fingerprint density at radius 2 is 2.00 bits per heavy atom. The molecule has 0 aliphatic carbocycles. The van der Waals surface area contributed by atoms with Crippen molar-refractivity contribution >= 4 is 5.96 Å². The van der Waals surface area contributed by atoms with Gasteiger partial charge in [0.25, 0.3) is 0 Å². The molecule has 1 unspecified atom stereocenters. The first-order chi connectivity index (χ1) is 12.1. The average Bonchev–Trinajstić information content (AvgIpc) is 2.60. The predicted octanol–water partition coefficient (Wildman–Crippen LogP) is 3.25. The van der Waals surface area contributed by atoms with Crippen LogP contribution in [0.1, 0.15) is 51.2 Å². The Labute approximate surface area is 152 Å². The predicted molar refractivity (Wildman–Crippen MR) is 105 cm³/mol. The minimum absolute atomic E-state index is 0.242. The molecule has 1 rings (SSSR count). The Balaban J connectivity index is 2.66. The molecule has 5 nitrogen and oxygen atoms in total. The first-order valence-corrected chi connectivity index (χ1v) is 9.49. The third-order valence-corrected chi connectivity index (χ3v) is 4.10. The maximum Gasteiger partial charge on any atom is 0.191 e. The van der Waals surface area contributed by atoms with Crippen LogP contribution in [-0.2, 0) is 6.54 Å². The fourth-order valence-electron chi connectivity index (χ4n) is 2.82. The van der Waals surface area contributed by atoms with Gasteiger partial charge in [0.05, 0.1) is 13.2 Å². The van der Waals surface area contributed by atoms with Gasteiger partial charge < -0.3 is 20.5 Å². The average molecular weight is 350 g/mol. The zero-order valence-corrected chi connectivity index (χ0v) is 16.3. The lowest BCUT2D eigenvalue weighted by atomic mass is 10.0. The number of aryl methyl sites for hydroxylation is 1. The van der Waals surface area contributed by atoms with Gasteiger partial charge in [-0.15, -0.1) is 0 Å². The molecular weight excluding hydrogens is 314 g/mol. The van der Waals surface area contributed by atoms with Crippen molar-refractivity contribution in [3.8, 4) is 5.75 Å². The van der Waals surface area contributed by atoms with E-state index < -0.39 is 0 Å². The fourth-order valence-corrected chi connectivity index (χ4v) is 2.82. The van der Waals surface area contributed by atoms with E-state index >= 15 is 0 Å². The summed E-state index contributed by atoms with van der Waals surface area (Å²) in [7, 11) is 0. The molecular formula is C20H35N3O2. The fraction of sp³-hybridized carbons (Fsp3) is 0.650. The van der Waals surface area contributed by atoms with Gasteiger partial charge in [-0.3, -0.25) is 0 Å². The van der Waals surface area contributed by atoms with E-state index in [9.17, 15) is 5.11 Å². The molecule has 1 aromatic rings. The summed E-state index contributed by atoms with van der Waals surface area (Å²) in [5, 5.41) is 15.9. The number of hydrogen-bond acceptors (Lipinski definition) is 3. The van der Waals surface area contributed by atoms with Crippen molar-refractivity contribution in [1.29, 1.82) is 0 Å². The van der Waals surface area contributed by atoms with Gasteiger partial charge in [-0.2, -0.15) is 0 Å². The van der Waals surface area contributed by atoms with Crippen molar-refractivity contribution in [3.63, 3.8) is 0 Å². The van der Waals surface area contributed by atoms with Crippen LogP contribution in [0.2, 0.25) is 0 Å².